The Morgan fingerprint density at radius 3 is 2.75 bits per heavy atom. The summed E-state index contributed by atoms with van der Waals surface area (Å²) in [4.78, 5) is 22.3. The lowest BCUT2D eigenvalue weighted by molar-refractivity contribution is 0.0692. The molecule has 3 N–H and O–H groups in total. The fourth-order valence-corrected chi connectivity index (χ4v) is 1.52. The maximum atomic E-state index is 13.2. The molecule has 1 atom stereocenters. The molecule has 0 radical (unpaired) electrons. The van der Waals surface area contributed by atoms with E-state index in [-0.39, 0.29) is 11.8 Å². The van der Waals surface area contributed by atoms with E-state index in [1.807, 2.05) is 13.8 Å². The average Bonchev–Trinajstić information content (AvgIpc) is 2.39. The first-order valence-electron chi connectivity index (χ1n) is 6.13. The first-order chi connectivity index (χ1) is 9.43. The third kappa shape index (κ3) is 4.85. The van der Waals surface area contributed by atoms with Crippen molar-refractivity contribution in [2.24, 2.45) is 0 Å². The Hall–Kier alpha value is -2.15. The van der Waals surface area contributed by atoms with Crippen molar-refractivity contribution in [1.29, 1.82) is 0 Å². The Balaban J connectivity index is 2.58. The summed E-state index contributed by atoms with van der Waals surface area (Å²) in [5.74, 6) is -2.25. The number of carbonyl (C=O) groups is 2. The number of urea groups is 1. The molecule has 0 bridgehead atoms. The molecule has 0 fully saturated rings. The van der Waals surface area contributed by atoms with Crippen molar-refractivity contribution in [2.75, 3.05) is 18.5 Å². The van der Waals surface area contributed by atoms with Gasteiger partial charge in [-0.1, -0.05) is 0 Å². The van der Waals surface area contributed by atoms with E-state index in [9.17, 15) is 14.0 Å². The number of benzene rings is 1. The van der Waals surface area contributed by atoms with Crippen molar-refractivity contribution in [2.45, 2.75) is 20.0 Å². The number of nitrogens with one attached hydrogen (secondary N) is 2. The number of carboxylic acids is 1. The van der Waals surface area contributed by atoms with Gasteiger partial charge in [0.1, 0.15) is 5.82 Å². The first-order valence-corrected chi connectivity index (χ1v) is 6.13. The summed E-state index contributed by atoms with van der Waals surface area (Å²) in [6, 6.07) is 2.82. The van der Waals surface area contributed by atoms with Crippen LogP contribution in [0.1, 0.15) is 24.2 Å². The Morgan fingerprint density at radius 1 is 1.45 bits per heavy atom. The number of ether oxygens (including phenoxy) is 1. The van der Waals surface area contributed by atoms with Crippen LogP contribution in [-0.4, -0.2) is 36.4 Å². The van der Waals surface area contributed by atoms with Gasteiger partial charge in [-0.05, 0) is 32.0 Å². The molecule has 0 aliphatic rings. The third-order valence-corrected chi connectivity index (χ3v) is 2.46. The lowest BCUT2D eigenvalue weighted by Gasteiger charge is -2.13. The number of aromatic carboxylic acids is 1. The van der Waals surface area contributed by atoms with E-state index in [4.69, 9.17) is 9.84 Å². The van der Waals surface area contributed by atoms with Crippen molar-refractivity contribution < 1.29 is 23.8 Å². The second-order valence-corrected chi connectivity index (χ2v) is 4.10. The Kier molecular flexibility index (Phi) is 5.92. The van der Waals surface area contributed by atoms with E-state index in [1.54, 1.807) is 0 Å². The zero-order valence-electron chi connectivity index (χ0n) is 11.3. The van der Waals surface area contributed by atoms with Gasteiger partial charge in [0.2, 0.25) is 0 Å². The molecule has 1 aromatic rings. The molecule has 0 saturated heterocycles. The summed E-state index contributed by atoms with van der Waals surface area (Å²) in [6.07, 6.45) is -0.131. The Labute approximate surface area is 115 Å². The second kappa shape index (κ2) is 7.44. The van der Waals surface area contributed by atoms with Crippen molar-refractivity contribution in [1.82, 2.24) is 5.32 Å². The summed E-state index contributed by atoms with van der Waals surface area (Å²) in [5, 5.41) is 13.8. The topological polar surface area (TPSA) is 87.7 Å². The highest BCUT2D eigenvalue weighted by Gasteiger charge is 2.12. The van der Waals surface area contributed by atoms with E-state index in [0.717, 1.165) is 12.1 Å². The van der Waals surface area contributed by atoms with Crippen LogP contribution >= 0.6 is 0 Å². The van der Waals surface area contributed by atoms with Gasteiger partial charge in [0, 0.05) is 18.8 Å². The van der Waals surface area contributed by atoms with Gasteiger partial charge in [0.25, 0.3) is 0 Å². The van der Waals surface area contributed by atoms with Gasteiger partial charge in [-0.2, -0.15) is 0 Å². The first kappa shape index (κ1) is 15.9. The molecule has 0 aromatic heterocycles. The fourth-order valence-electron chi connectivity index (χ4n) is 1.52. The quantitative estimate of drug-likeness (QED) is 0.746. The lowest BCUT2D eigenvalue weighted by Crippen LogP contribution is -2.35. The molecular weight excluding hydrogens is 267 g/mol. The lowest BCUT2D eigenvalue weighted by atomic mass is 10.2. The smallest absolute Gasteiger partial charge is 0.338 e. The van der Waals surface area contributed by atoms with Crippen molar-refractivity contribution in [3.63, 3.8) is 0 Å². The highest BCUT2D eigenvalue weighted by molar-refractivity contribution is 5.93. The number of rotatable bonds is 6. The van der Waals surface area contributed by atoms with Gasteiger partial charge in [-0.25, -0.2) is 14.0 Å². The number of hydrogen-bond donors (Lipinski definition) is 3. The summed E-state index contributed by atoms with van der Waals surface area (Å²) in [7, 11) is 0. The average molecular weight is 284 g/mol. The molecule has 7 heteroatoms. The van der Waals surface area contributed by atoms with E-state index in [0.29, 0.717) is 13.2 Å². The highest BCUT2D eigenvalue weighted by atomic mass is 19.1. The van der Waals surface area contributed by atoms with E-state index in [2.05, 4.69) is 10.6 Å². The van der Waals surface area contributed by atoms with Crippen LogP contribution in [0.3, 0.4) is 0 Å². The summed E-state index contributed by atoms with van der Waals surface area (Å²) in [6.45, 7) is 4.52. The zero-order chi connectivity index (χ0) is 15.1. The summed E-state index contributed by atoms with van der Waals surface area (Å²) >= 11 is 0. The molecule has 0 heterocycles. The molecule has 20 heavy (non-hydrogen) atoms. The van der Waals surface area contributed by atoms with Crippen LogP contribution in [0.5, 0.6) is 0 Å². The molecule has 1 aromatic carbocycles. The number of hydrogen-bond acceptors (Lipinski definition) is 3. The number of carbonyl (C=O) groups excluding carboxylic acids is 1. The van der Waals surface area contributed by atoms with Gasteiger partial charge in [0.15, 0.2) is 0 Å². The van der Waals surface area contributed by atoms with E-state index >= 15 is 0 Å². The predicted octanol–water partition coefficient (Wildman–Crippen LogP) is 2.07. The molecule has 0 aliphatic carbocycles. The van der Waals surface area contributed by atoms with Crippen molar-refractivity contribution in [3.05, 3.63) is 29.6 Å². The van der Waals surface area contributed by atoms with Crippen molar-refractivity contribution in [3.8, 4) is 0 Å². The van der Waals surface area contributed by atoms with Gasteiger partial charge in [0.05, 0.1) is 11.7 Å². The molecule has 0 spiro atoms. The summed E-state index contributed by atoms with van der Waals surface area (Å²) < 4.78 is 18.4. The zero-order valence-corrected chi connectivity index (χ0v) is 11.3. The van der Waals surface area contributed by atoms with Gasteiger partial charge < -0.3 is 20.5 Å². The SMILES string of the molecule is CCOC(C)CNC(=O)Nc1ccc(F)c(C(=O)O)c1. The second-order valence-electron chi connectivity index (χ2n) is 4.10. The van der Waals surface area contributed by atoms with Crippen LogP contribution in [0.25, 0.3) is 0 Å². The normalized spacial score (nSPS) is 11.8. The maximum Gasteiger partial charge on any atom is 0.338 e. The maximum absolute atomic E-state index is 13.2. The largest absolute Gasteiger partial charge is 0.478 e. The third-order valence-electron chi connectivity index (χ3n) is 2.46. The van der Waals surface area contributed by atoms with Crippen LogP contribution in [0, 0.1) is 5.82 Å². The number of halogens is 1. The Bertz CT molecular complexity index is 493. The summed E-state index contributed by atoms with van der Waals surface area (Å²) in [5.41, 5.74) is -0.296. The molecular formula is C13H17FN2O4. The number of amides is 2. The van der Waals surface area contributed by atoms with Crippen molar-refractivity contribution >= 4 is 17.7 Å². The number of carboxylic acid groups (broad SMARTS) is 1. The molecule has 0 saturated carbocycles. The molecule has 110 valence electrons. The van der Waals surface area contributed by atoms with E-state index < -0.39 is 23.4 Å². The van der Waals surface area contributed by atoms with E-state index in [1.165, 1.54) is 6.07 Å². The highest BCUT2D eigenvalue weighted by Crippen LogP contribution is 2.14. The van der Waals surface area contributed by atoms with Gasteiger partial charge >= 0.3 is 12.0 Å². The van der Waals surface area contributed by atoms with Crippen LogP contribution < -0.4 is 10.6 Å². The molecule has 0 aliphatic heterocycles. The van der Waals surface area contributed by atoms with Crippen LogP contribution in [0.15, 0.2) is 18.2 Å². The minimum absolute atomic E-state index is 0.131. The number of anilines is 1. The fraction of sp³-hybridized carbons (Fsp3) is 0.385. The standard InChI is InChI=1S/C13H17FN2O4/c1-3-20-8(2)7-15-13(19)16-9-4-5-11(14)10(6-9)12(17)18/h4-6,8H,3,7H2,1-2H3,(H,17,18)(H2,15,16,19). The Morgan fingerprint density at radius 2 is 2.15 bits per heavy atom. The monoisotopic (exact) mass is 284 g/mol. The van der Waals surface area contributed by atoms with Crippen LogP contribution in [-0.2, 0) is 4.74 Å². The molecule has 1 unspecified atom stereocenters. The van der Waals surface area contributed by atoms with Gasteiger partial charge in [-0.3, -0.25) is 0 Å². The molecule has 6 nitrogen and oxygen atoms in total. The van der Waals surface area contributed by atoms with Crippen LogP contribution in [0.4, 0.5) is 14.9 Å². The van der Waals surface area contributed by atoms with Crippen LogP contribution in [0.2, 0.25) is 0 Å². The minimum Gasteiger partial charge on any atom is -0.478 e. The van der Waals surface area contributed by atoms with Gasteiger partial charge in [-0.15, -0.1) is 0 Å². The molecule has 1 rings (SSSR count). The molecule has 2 amide bonds. The predicted molar refractivity (Wildman–Crippen MR) is 71.5 cm³/mol. The minimum atomic E-state index is -1.39.